The molecule has 0 bridgehead atoms. The molecule has 1 aromatic heterocycles. The first kappa shape index (κ1) is 20.9. The van der Waals surface area contributed by atoms with Crippen LogP contribution in [0.15, 0.2) is 47.4 Å². The van der Waals surface area contributed by atoms with Crippen LogP contribution in [0.4, 0.5) is 10.2 Å². The number of nitrogens with zero attached hydrogens (tertiary/aromatic N) is 2. The number of carboxylic acid groups (broad SMARTS) is 1. The van der Waals surface area contributed by atoms with E-state index in [0.717, 1.165) is 10.4 Å². The third-order valence-electron chi connectivity index (χ3n) is 4.41. The number of anilines is 1. The second-order valence-corrected chi connectivity index (χ2v) is 9.42. The molecule has 0 saturated heterocycles. The van der Waals surface area contributed by atoms with Crippen LogP contribution < -0.4 is 4.31 Å². The summed E-state index contributed by atoms with van der Waals surface area (Å²) in [5, 5.41) is 9.89. The van der Waals surface area contributed by atoms with Gasteiger partial charge in [0, 0.05) is 17.0 Å². The van der Waals surface area contributed by atoms with Crippen molar-refractivity contribution < 1.29 is 22.7 Å². The molecule has 0 fully saturated rings. The Morgan fingerprint density at radius 3 is 2.41 bits per heavy atom. The lowest BCUT2D eigenvalue weighted by Crippen LogP contribution is -2.31. The lowest BCUT2D eigenvalue weighted by atomic mass is 10.1. The van der Waals surface area contributed by atoms with E-state index in [1.54, 1.807) is 32.9 Å². The predicted octanol–water partition coefficient (Wildman–Crippen LogP) is 4.48. The van der Waals surface area contributed by atoms with Gasteiger partial charge in [-0.05, 0) is 62.7 Å². The number of hydrogen-bond acceptors (Lipinski definition) is 5. The van der Waals surface area contributed by atoms with Crippen LogP contribution in [0.25, 0.3) is 10.6 Å². The molecule has 6 nitrogen and oxygen atoms in total. The molecule has 1 N–H and O–H groups in total. The van der Waals surface area contributed by atoms with Crippen molar-refractivity contribution in [3.8, 4) is 10.6 Å². The number of carboxylic acids is 1. The predicted molar refractivity (Wildman–Crippen MR) is 111 cm³/mol. The molecule has 9 heteroatoms. The Hall–Kier alpha value is -2.78. The molecule has 0 aliphatic rings. The molecule has 0 radical (unpaired) electrons. The molecule has 0 amide bonds. The number of carbonyl (C=O) groups is 1. The summed E-state index contributed by atoms with van der Waals surface area (Å²) in [7, 11) is -4.02. The lowest BCUT2D eigenvalue weighted by molar-refractivity contribution is 0.0696. The molecule has 0 spiro atoms. The van der Waals surface area contributed by atoms with Crippen LogP contribution in [-0.2, 0) is 10.0 Å². The molecular formula is C20H19FN2O4S2. The molecular weight excluding hydrogens is 415 g/mol. The van der Waals surface area contributed by atoms with Crippen LogP contribution >= 0.6 is 11.3 Å². The molecule has 0 atom stereocenters. The minimum atomic E-state index is -4.02. The molecule has 0 aliphatic carbocycles. The van der Waals surface area contributed by atoms with Crippen molar-refractivity contribution in [2.24, 2.45) is 0 Å². The summed E-state index contributed by atoms with van der Waals surface area (Å²) >= 11 is 1.31. The van der Waals surface area contributed by atoms with Gasteiger partial charge in [0.2, 0.25) is 0 Å². The van der Waals surface area contributed by atoms with Crippen LogP contribution in [0.5, 0.6) is 0 Å². The van der Waals surface area contributed by atoms with Gasteiger partial charge in [0.25, 0.3) is 10.0 Å². The van der Waals surface area contributed by atoms with Gasteiger partial charge < -0.3 is 5.11 Å². The maximum Gasteiger partial charge on any atom is 0.335 e. The Morgan fingerprint density at radius 2 is 1.83 bits per heavy atom. The molecule has 3 rings (SSSR count). The molecule has 1 heterocycles. The largest absolute Gasteiger partial charge is 0.478 e. The van der Waals surface area contributed by atoms with E-state index in [-0.39, 0.29) is 28.6 Å². The zero-order valence-corrected chi connectivity index (χ0v) is 17.6. The van der Waals surface area contributed by atoms with Gasteiger partial charge >= 0.3 is 5.97 Å². The minimum Gasteiger partial charge on any atom is -0.478 e. The minimum absolute atomic E-state index is 0.0656. The van der Waals surface area contributed by atoms with Gasteiger partial charge in [0.1, 0.15) is 10.8 Å². The fourth-order valence-corrected chi connectivity index (χ4v) is 5.38. The topological polar surface area (TPSA) is 87.6 Å². The second kappa shape index (κ2) is 7.92. The van der Waals surface area contributed by atoms with Gasteiger partial charge in [-0.15, -0.1) is 11.3 Å². The Balaban J connectivity index is 2.06. The Bertz CT molecular complexity index is 1170. The number of thiazole rings is 1. The molecule has 2 aromatic carbocycles. The quantitative estimate of drug-likeness (QED) is 0.618. The van der Waals surface area contributed by atoms with E-state index in [9.17, 15) is 22.7 Å². The van der Waals surface area contributed by atoms with Crippen LogP contribution in [0.3, 0.4) is 0 Å². The van der Waals surface area contributed by atoms with Crippen molar-refractivity contribution in [3.63, 3.8) is 0 Å². The van der Waals surface area contributed by atoms with Gasteiger partial charge in [-0.3, -0.25) is 0 Å². The van der Waals surface area contributed by atoms with Gasteiger partial charge in [0.05, 0.1) is 10.5 Å². The fraction of sp³-hybridized carbons (Fsp3) is 0.200. The second-order valence-electron chi connectivity index (χ2n) is 6.36. The standard InChI is InChI=1S/C20H19FN2O4S2/c1-4-23(29(26,27)16-10-5-12(2)17(11-16)20(24)25)18-13(3)28-19(22-18)14-6-8-15(21)9-7-14/h5-11H,4H2,1-3H3,(H,24,25). The highest BCUT2D eigenvalue weighted by atomic mass is 32.2. The number of aromatic nitrogens is 1. The summed E-state index contributed by atoms with van der Waals surface area (Å²) in [5.41, 5.74) is 1.09. The number of rotatable bonds is 6. The zero-order valence-electron chi connectivity index (χ0n) is 16.0. The molecule has 0 aliphatic heterocycles. The van der Waals surface area contributed by atoms with Crippen molar-refractivity contribution in [1.29, 1.82) is 0 Å². The van der Waals surface area contributed by atoms with Crippen molar-refractivity contribution in [1.82, 2.24) is 4.98 Å². The summed E-state index contributed by atoms with van der Waals surface area (Å²) < 4.78 is 40.8. The Labute approximate surface area is 172 Å². The van der Waals surface area contributed by atoms with E-state index < -0.39 is 16.0 Å². The molecule has 0 unspecified atom stereocenters. The first-order valence-corrected chi connectivity index (χ1v) is 11.0. The maximum absolute atomic E-state index is 13.2. The van der Waals surface area contributed by atoms with E-state index in [2.05, 4.69) is 4.98 Å². The molecule has 152 valence electrons. The van der Waals surface area contributed by atoms with E-state index >= 15 is 0 Å². The third kappa shape index (κ3) is 4.01. The van der Waals surface area contributed by atoms with Crippen molar-refractivity contribution in [2.75, 3.05) is 10.8 Å². The summed E-state index contributed by atoms with van der Waals surface area (Å²) in [5.74, 6) is -1.28. The lowest BCUT2D eigenvalue weighted by Gasteiger charge is -2.21. The Morgan fingerprint density at radius 1 is 1.17 bits per heavy atom. The Kier molecular flexibility index (Phi) is 5.72. The SMILES string of the molecule is CCN(c1nc(-c2ccc(F)cc2)sc1C)S(=O)(=O)c1ccc(C)c(C(=O)O)c1. The summed E-state index contributed by atoms with van der Waals surface area (Å²) in [6.45, 7) is 5.17. The van der Waals surface area contributed by atoms with Crippen molar-refractivity contribution >= 4 is 33.1 Å². The van der Waals surface area contributed by atoms with Crippen LogP contribution in [0.1, 0.15) is 27.7 Å². The highest BCUT2D eigenvalue weighted by Crippen LogP contribution is 2.35. The van der Waals surface area contributed by atoms with Crippen molar-refractivity contribution in [2.45, 2.75) is 25.7 Å². The monoisotopic (exact) mass is 434 g/mol. The number of benzene rings is 2. The van der Waals surface area contributed by atoms with E-state index in [4.69, 9.17) is 0 Å². The average molecular weight is 435 g/mol. The smallest absolute Gasteiger partial charge is 0.335 e. The third-order valence-corrected chi connectivity index (χ3v) is 7.28. The summed E-state index contributed by atoms with van der Waals surface area (Å²) in [6.07, 6.45) is 0. The van der Waals surface area contributed by atoms with Crippen LogP contribution in [-0.4, -0.2) is 31.0 Å². The maximum atomic E-state index is 13.2. The number of aromatic carboxylic acids is 1. The van der Waals surface area contributed by atoms with E-state index in [1.165, 1.54) is 35.6 Å². The van der Waals surface area contributed by atoms with E-state index in [0.29, 0.717) is 21.0 Å². The van der Waals surface area contributed by atoms with Gasteiger partial charge in [-0.25, -0.2) is 26.9 Å². The molecule has 29 heavy (non-hydrogen) atoms. The van der Waals surface area contributed by atoms with E-state index in [1.807, 2.05) is 0 Å². The normalized spacial score (nSPS) is 11.4. The summed E-state index contributed by atoms with van der Waals surface area (Å²) in [4.78, 5) is 16.4. The highest BCUT2D eigenvalue weighted by Gasteiger charge is 2.28. The van der Waals surface area contributed by atoms with Gasteiger partial charge in [-0.2, -0.15) is 0 Å². The number of aryl methyl sites for hydroxylation is 2. The number of hydrogen-bond donors (Lipinski definition) is 1. The van der Waals surface area contributed by atoms with Crippen molar-refractivity contribution in [3.05, 3.63) is 64.3 Å². The molecule has 3 aromatic rings. The highest BCUT2D eigenvalue weighted by molar-refractivity contribution is 7.92. The number of halogens is 1. The molecule has 0 saturated carbocycles. The van der Waals surface area contributed by atoms with Crippen LogP contribution in [0.2, 0.25) is 0 Å². The summed E-state index contributed by atoms with van der Waals surface area (Å²) in [6, 6.07) is 9.84. The van der Waals surface area contributed by atoms with Crippen LogP contribution in [0, 0.1) is 19.7 Å². The average Bonchev–Trinajstić information content (AvgIpc) is 3.04. The number of sulfonamides is 1. The zero-order chi connectivity index (χ0) is 21.3. The fourth-order valence-electron chi connectivity index (χ4n) is 2.89. The first-order valence-electron chi connectivity index (χ1n) is 8.75. The first-order chi connectivity index (χ1) is 13.6. The van der Waals surface area contributed by atoms with Gasteiger partial charge in [-0.1, -0.05) is 6.07 Å². The van der Waals surface area contributed by atoms with Gasteiger partial charge in [0.15, 0.2) is 5.82 Å².